The first-order valence-electron chi connectivity index (χ1n) is 15.0. The second kappa shape index (κ2) is 8.77. The summed E-state index contributed by atoms with van der Waals surface area (Å²) in [4.78, 5) is 10.5. The Hall–Kier alpha value is -5.48. The van der Waals surface area contributed by atoms with Crippen molar-refractivity contribution in [3.63, 3.8) is 0 Å². The van der Waals surface area contributed by atoms with Crippen molar-refractivity contribution in [3.8, 4) is 28.7 Å². The van der Waals surface area contributed by atoms with Crippen LogP contribution in [0.1, 0.15) is 36.2 Å². The molecule has 4 heteroatoms. The van der Waals surface area contributed by atoms with Gasteiger partial charge in [-0.25, -0.2) is 9.97 Å². The lowest BCUT2D eigenvalue weighted by atomic mass is 9.83. The van der Waals surface area contributed by atoms with E-state index in [0.717, 1.165) is 56.0 Å². The number of aromatic nitrogens is 3. The summed E-state index contributed by atoms with van der Waals surface area (Å²) in [6.45, 7) is 11.3. The van der Waals surface area contributed by atoms with E-state index < -0.39 is 0 Å². The highest BCUT2D eigenvalue weighted by Gasteiger charge is 2.37. The number of hydrogen-bond acceptors (Lipinski definition) is 3. The third-order valence-electron chi connectivity index (χ3n) is 9.64. The zero-order valence-corrected chi connectivity index (χ0v) is 24.8. The molecule has 0 unspecified atom stereocenters. The summed E-state index contributed by atoms with van der Waals surface area (Å²) in [5, 5.41) is 4.54. The molecule has 0 spiro atoms. The Balaban J connectivity index is 1.38. The number of nitrogens with zero attached hydrogens (tertiary/aromatic N) is 3. The summed E-state index contributed by atoms with van der Waals surface area (Å²) in [6.07, 6.45) is 2.35. The number of rotatable bonds is 2. The molecule has 7 aromatic rings. The van der Waals surface area contributed by atoms with Crippen molar-refractivity contribution in [2.45, 2.75) is 26.2 Å². The van der Waals surface area contributed by atoms with Crippen molar-refractivity contribution in [3.05, 3.63) is 138 Å². The second-order valence-corrected chi connectivity index (χ2v) is 12.3. The summed E-state index contributed by atoms with van der Waals surface area (Å²) in [5.74, 6) is 2.24. The van der Waals surface area contributed by atoms with Crippen LogP contribution in [0.3, 0.4) is 0 Å². The second-order valence-electron chi connectivity index (χ2n) is 12.3. The third-order valence-corrected chi connectivity index (χ3v) is 9.64. The predicted molar refractivity (Wildman–Crippen MR) is 181 cm³/mol. The molecular formula is C40H29N3O. The molecule has 1 aliphatic carbocycles. The smallest absolute Gasteiger partial charge is 0.235 e. The van der Waals surface area contributed by atoms with Gasteiger partial charge in [-0.1, -0.05) is 93.2 Å². The van der Waals surface area contributed by atoms with Crippen LogP contribution in [0, 0.1) is 6.92 Å². The van der Waals surface area contributed by atoms with E-state index in [2.05, 4.69) is 105 Å². The van der Waals surface area contributed by atoms with Crippen LogP contribution >= 0.6 is 0 Å². The van der Waals surface area contributed by atoms with Crippen LogP contribution < -0.4 is 4.74 Å². The molecule has 44 heavy (non-hydrogen) atoms. The van der Waals surface area contributed by atoms with E-state index >= 15 is 0 Å². The minimum atomic E-state index is -0.145. The molecule has 5 aromatic carbocycles. The van der Waals surface area contributed by atoms with Crippen molar-refractivity contribution in [2.75, 3.05) is 0 Å². The van der Waals surface area contributed by atoms with Gasteiger partial charge in [-0.15, -0.1) is 0 Å². The molecule has 1 aliphatic heterocycles. The quantitative estimate of drug-likeness (QED) is 0.209. The van der Waals surface area contributed by atoms with Crippen molar-refractivity contribution < 1.29 is 4.74 Å². The highest BCUT2D eigenvalue weighted by atomic mass is 16.5. The van der Waals surface area contributed by atoms with Gasteiger partial charge in [0.15, 0.2) is 0 Å². The Kier molecular flexibility index (Phi) is 5.00. The molecule has 210 valence electrons. The van der Waals surface area contributed by atoms with Gasteiger partial charge < -0.3 is 4.74 Å². The molecule has 2 aliphatic rings. The predicted octanol–water partition coefficient (Wildman–Crippen LogP) is 10.2. The topological polar surface area (TPSA) is 39.9 Å². The van der Waals surface area contributed by atoms with E-state index in [4.69, 9.17) is 14.7 Å². The zero-order valence-electron chi connectivity index (χ0n) is 24.8. The van der Waals surface area contributed by atoms with E-state index in [0.29, 0.717) is 5.95 Å². The summed E-state index contributed by atoms with van der Waals surface area (Å²) in [7, 11) is 0. The van der Waals surface area contributed by atoms with Gasteiger partial charge in [0.05, 0.1) is 22.1 Å². The number of ether oxygens (including phenoxy) is 1. The maximum absolute atomic E-state index is 6.27. The molecular weight excluding hydrogens is 538 g/mol. The first-order valence-corrected chi connectivity index (χ1v) is 15.0. The lowest BCUT2D eigenvalue weighted by Crippen LogP contribution is -2.14. The molecule has 0 bridgehead atoms. The Morgan fingerprint density at radius 2 is 1.50 bits per heavy atom. The van der Waals surface area contributed by atoms with Crippen molar-refractivity contribution in [2.24, 2.45) is 0 Å². The van der Waals surface area contributed by atoms with Crippen molar-refractivity contribution in [1.82, 2.24) is 14.5 Å². The fourth-order valence-corrected chi connectivity index (χ4v) is 7.27. The number of para-hydroxylation sites is 1. The van der Waals surface area contributed by atoms with Crippen molar-refractivity contribution in [1.29, 1.82) is 0 Å². The van der Waals surface area contributed by atoms with Crippen LogP contribution in [0.15, 0.2) is 115 Å². The molecule has 0 radical (unpaired) electrons. The fourth-order valence-electron chi connectivity index (χ4n) is 7.27. The van der Waals surface area contributed by atoms with Gasteiger partial charge in [-0.05, 0) is 76.4 Å². The standard InChI is InChI=1S/C40H29N3O/c1-23-29(27-14-7-9-16-31(27)40(23,3)4)22-30-24(2)43(33-21-20-25-12-5-6-13-26(25)36(30)33)39-41-32-17-11-19-35-37(32)38(42-39)28-15-8-10-18-34(28)44-35/h5-22H,1H2,2-4H3/b29-22+. The zero-order chi connectivity index (χ0) is 29.7. The van der Waals surface area contributed by atoms with Crippen LogP contribution in [0.2, 0.25) is 0 Å². The Labute approximate surface area is 255 Å². The molecule has 0 saturated heterocycles. The lowest BCUT2D eigenvalue weighted by molar-refractivity contribution is 0.486. The normalized spacial score (nSPS) is 15.6. The summed E-state index contributed by atoms with van der Waals surface area (Å²) in [6, 6.07) is 35.9. The van der Waals surface area contributed by atoms with Crippen molar-refractivity contribution >= 4 is 44.2 Å². The lowest BCUT2D eigenvalue weighted by Gasteiger charge is -2.21. The molecule has 0 atom stereocenters. The minimum absolute atomic E-state index is 0.145. The Morgan fingerprint density at radius 1 is 0.750 bits per heavy atom. The van der Waals surface area contributed by atoms with E-state index in [1.54, 1.807) is 0 Å². The number of fused-ring (bicyclic) bond motifs is 6. The van der Waals surface area contributed by atoms with E-state index in [9.17, 15) is 0 Å². The first-order chi connectivity index (χ1) is 21.4. The Bertz CT molecular complexity index is 2420. The SMILES string of the molecule is C=C1/C(=C\c2c(C)n(-c3nc4c5c(cccc5n3)Oc3ccccc3-4)c3ccc4ccccc4c23)c2ccccc2C1(C)C. The molecule has 2 aromatic heterocycles. The van der Waals surface area contributed by atoms with Crippen LogP contribution in [-0.2, 0) is 5.41 Å². The highest BCUT2D eigenvalue weighted by Crippen LogP contribution is 2.50. The van der Waals surface area contributed by atoms with Gasteiger partial charge in [0.25, 0.3) is 0 Å². The number of allylic oxidation sites excluding steroid dienone is 2. The molecule has 0 N–H and O–H groups in total. The van der Waals surface area contributed by atoms with Crippen LogP contribution in [0.5, 0.6) is 11.5 Å². The average Bonchev–Trinajstić information content (AvgIpc) is 3.44. The van der Waals surface area contributed by atoms with Gasteiger partial charge in [-0.3, -0.25) is 4.57 Å². The van der Waals surface area contributed by atoms with E-state index in [1.165, 1.54) is 32.9 Å². The van der Waals surface area contributed by atoms with E-state index in [1.807, 2.05) is 36.4 Å². The molecule has 3 heterocycles. The third kappa shape index (κ3) is 3.28. The number of hydrogen-bond donors (Lipinski definition) is 0. The van der Waals surface area contributed by atoms with Gasteiger partial charge in [0, 0.05) is 27.6 Å². The summed E-state index contributed by atoms with van der Waals surface area (Å²) >= 11 is 0. The van der Waals surface area contributed by atoms with Gasteiger partial charge >= 0.3 is 0 Å². The van der Waals surface area contributed by atoms with E-state index in [-0.39, 0.29) is 5.41 Å². The molecule has 9 rings (SSSR count). The van der Waals surface area contributed by atoms with Crippen LogP contribution in [0.4, 0.5) is 0 Å². The highest BCUT2D eigenvalue weighted by molar-refractivity contribution is 6.14. The van der Waals surface area contributed by atoms with Gasteiger partial charge in [0.1, 0.15) is 11.5 Å². The monoisotopic (exact) mass is 567 g/mol. The Morgan fingerprint density at radius 3 is 2.39 bits per heavy atom. The maximum atomic E-state index is 6.27. The molecule has 0 amide bonds. The molecule has 0 fully saturated rings. The maximum Gasteiger partial charge on any atom is 0.235 e. The van der Waals surface area contributed by atoms with Gasteiger partial charge in [-0.2, -0.15) is 0 Å². The molecule has 4 nitrogen and oxygen atoms in total. The van der Waals surface area contributed by atoms with Crippen LogP contribution in [0.25, 0.3) is 61.4 Å². The average molecular weight is 568 g/mol. The molecule has 0 saturated carbocycles. The van der Waals surface area contributed by atoms with Gasteiger partial charge in [0.2, 0.25) is 5.95 Å². The largest absolute Gasteiger partial charge is 0.456 e. The van der Waals surface area contributed by atoms with Crippen LogP contribution in [-0.4, -0.2) is 14.5 Å². The summed E-state index contributed by atoms with van der Waals surface area (Å²) < 4.78 is 8.49. The minimum Gasteiger partial charge on any atom is -0.456 e. The first kappa shape index (κ1) is 25.1. The summed E-state index contributed by atoms with van der Waals surface area (Å²) in [5.41, 5.74) is 10.8. The number of benzene rings is 5. The fraction of sp³-hybridized carbons (Fsp3) is 0.100.